The van der Waals surface area contributed by atoms with Crippen molar-refractivity contribution in [3.8, 4) is 0 Å². The van der Waals surface area contributed by atoms with E-state index in [-0.39, 0.29) is 30.2 Å². The zero-order valence-corrected chi connectivity index (χ0v) is 17.4. The number of nitrogens with two attached hydrogens (primary N) is 1. The summed E-state index contributed by atoms with van der Waals surface area (Å²) >= 11 is 0. The molecule has 1 aromatic rings. The molecule has 0 saturated carbocycles. The maximum absolute atomic E-state index is 12.9. The van der Waals surface area contributed by atoms with Gasteiger partial charge in [0, 0.05) is 19.7 Å². The van der Waals surface area contributed by atoms with E-state index in [0.717, 1.165) is 19.3 Å². The molecule has 1 aromatic carbocycles. The lowest BCUT2D eigenvalue weighted by Gasteiger charge is -2.32. The van der Waals surface area contributed by atoms with Gasteiger partial charge >= 0.3 is 0 Å². The van der Waals surface area contributed by atoms with Crippen molar-refractivity contribution in [2.24, 2.45) is 5.73 Å². The molecule has 2 rings (SSSR count). The van der Waals surface area contributed by atoms with Gasteiger partial charge in [0.15, 0.2) is 0 Å². The van der Waals surface area contributed by atoms with Gasteiger partial charge in [0.1, 0.15) is 0 Å². The number of carbonyl (C=O) groups is 1. The van der Waals surface area contributed by atoms with Gasteiger partial charge in [0.05, 0.1) is 23.1 Å². The summed E-state index contributed by atoms with van der Waals surface area (Å²) in [7, 11) is -3.44. The minimum absolute atomic E-state index is 0. The van der Waals surface area contributed by atoms with Crippen LogP contribution in [0.1, 0.15) is 43.0 Å². The number of benzene rings is 1. The summed E-state index contributed by atoms with van der Waals surface area (Å²) in [4.78, 5) is 14.6. The fraction of sp³-hybridized carbons (Fsp3) is 0.611. The Morgan fingerprint density at radius 1 is 1.30 bits per heavy atom. The Labute approximate surface area is 168 Å². The molecule has 27 heavy (non-hydrogen) atoms. The molecule has 154 valence electrons. The number of hydrogen-bond donors (Lipinski definition) is 2. The minimum Gasteiger partial charge on any atom is -0.378 e. The van der Waals surface area contributed by atoms with E-state index in [1.54, 1.807) is 36.1 Å². The maximum atomic E-state index is 12.9. The highest BCUT2D eigenvalue weighted by Crippen LogP contribution is 2.22. The summed E-state index contributed by atoms with van der Waals surface area (Å²) in [5.41, 5.74) is 6.19. The summed E-state index contributed by atoms with van der Waals surface area (Å²) in [5, 5.41) is 0. The van der Waals surface area contributed by atoms with Crippen LogP contribution in [-0.4, -0.2) is 57.3 Å². The van der Waals surface area contributed by atoms with Crippen molar-refractivity contribution in [2.75, 3.05) is 36.7 Å². The van der Waals surface area contributed by atoms with Crippen molar-refractivity contribution in [1.82, 2.24) is 4.90 Å². The Balaban J connectivity index is 0.00000364. The molecule has 1 amide bonds. The molecular weight excluding hydrogens is 390 g/mol. The van der Waals surface area contributed by atoms with Crippen molar-refractivity contribution in [1.29, 1.82) is 0 Å². The van der Waals surface area contributed by atoms with Crippen LogP contribution in [0.5, 0.6) is 0 Å². The Kier molecular flexibility index (Phi) is 10.1. The Morgan fingerprint density at radius 2 is 1.96 bits per heavy atom. The molecule has 0 unspecified atom stereocenters. The van der Waals surface area contributed by atoms with Gasteiger partial charge in [-0.3, -0.25) is 9.52 Å². The van der Waals surface area contributed by atoms with Crippen molar-refractivity contribution in [3.05, 3.63) is 29.8 Å². The molecule has 0 spiro atoms. The Bertz CT molecular complexity index is 692. The van der Waals surface area contributed by atoms with E-state index in [0.29, 0.717) is 43.9 Å². The zero-order valence-electron chi connectivity index (χ0n) is 15.7. The standard InChI is InChI=1S/C18H29N3O4S.ClH/c1-2-14-26(23,24)20-17-7-4-3-6-16(17)18(22)21-11-8-15(9-12-21)25-13-5-10-19;/h3-4,6-7,15,20H,2,5,8-14,19H2,1H3;1H. The van der Waals surface area contributed by atoms with Gasteiger partial charge in [-0.2, -0.15) is 0 Å². The molecule has 9 heteroatoms. The second-order valence-corrected chi connectivity index (χ2v) is 8.31. The number of amides is 1. The van der Waals surface area contributed by atoms with Crippen LogP contribution in [0.15, 0.2) is 24.3 Å². The number of anilines is 1. The van der Waals surface area contributed by atoms with Crippen LogP contribution < -0.4 is 10.5 Å². The summed E-state index contributed by atoms with van der Waals surface area (Å²) in [5.74, 6) is -0.124. The largest absolute Gasteiger partial charge is 0.378 e. The van der Waals surface area contributed by atoms with Gasteiger partial charge in [-0.15, -0.1) is 12.4 Å². The number of piperidine rings is 1. The third-order valence-corrected chi connectivity index (χ3v) is 5.80. The zero-order chi connectivity index (χ0) is 19.0. The Morgan fingerprint density at radius 3 is 2.59 bits per heavy atom. The first-order valence-electron chi connectivity index (χ1n) is 9.17. The summed E-state index contributed by atoms with van der Waals surface area (Å²) < 4.78 is 32.4. The second-order valence-electron chi connectivity index (χ2n) is 6.47. The first-order chi connectivity index (χ1) is 12.5. The lowest BCUT2D eigenvalue weighted by atomic mass is 10.1. The van der Waals surface area contributed by atoms with E-state index in [2.05, 4.69) is 4.72 Å². The molecule has 1 fully saturated rings. The van der Waals surface area contributed by atoms with E-state index < -0.39 is 10.0 Å². The molecule has 1 aliphatic heterocycles. The molecule has 0 aromatic heterocycles. The van der Waals surface area contributed by atoms with E-state index in [9.17, 15) is 13.2 Å². The normalized spacial score (nSPS) is 15.3. The molecule has 3 N–H and O–H groups in total. The number of sulfonamides is 1. The second kappa shape index (κ2) is 11.5. The monoisotopic (exact) mass is 419 g/mol. The van der Waals surface area contributed by atoms with Gasteiger partial charge < -0.3 is 15.4 Å². The van der Waals surface area contributed by atoms with Gasteiger partial charge in [-0.05, 0) is 44.4 Å². The number of rotatable bonds is 9. The predicted molar refractivity (Wildman–Crippen MR) is 110 cm³/mol. The average Bonchev–Trinajstić information content (AvgIpc) is 2.62. The minimum atomic E-state index is -3.44. The summed E-state index contributed by atoms with van der Waals surface area (Å²) in [6.45, 7) is 4.26. The van der Waals surface area contributed by atoms with Crippen LogP contribution >= 0.6 is 12.4 Å². The van der Waals surface area contributed by atoms with Crippen molar-refractivity contribution in [3.63, 3.8) is 0 Å². The van der Waals surface area contributed by atoms with Crippen molar-refractivity contribution < 1.29 is 17.9 Å². The number of para-hydroxylation sites is 1. The third-order valence-electron chi connectivity index (χ3n) is 4.33. The number of halogens is 1. The molecule has 0 aliphatic carbocycles. The van der Waals surface area contributed by atoms with Crippen LogP contribution in [0.4, 0.5) is 5.69 Å². The number of hydrogen-bond acceptors (Lipinski definition) is 5. The first kappa shape index (κ1) is 23.7. The van der Waals surface area contributed by atoms with Crippen molar-refractivity contribution in [2.45, 2.75) is 38.7 Å². The van der Waals surface area contributed by atoms with Gasteiger partial charge in [0.25, 0.3) is 5.91 Å². The first-order valence-corrected chi connectivity index (χ1v) is 10.8. The van der Waals surface area contributed by atoms with E-state index in [1.807, 2.05) is 0 Å². The van der Waals surface area contributed by atoms with Crippen LogP contribution in [0.2, 0.25) is 0 Å². The molecular formula is C18H30ClN3O4S. The number of likely N-dealkylation sites (tertiary alicyclic amines) is 1. The average molecular weight is 420 g/mol. The van der Waals surface area contributed by atoms with Crippen LogP contribution in [0.25, 0.3) is 0 Å². The maximum Gasteiger partial charge on any atom is 0.255 e. The highest BCUT2D eigenvalue weighted by Gasteiger charge is 2.26. The highest BCUT2D eigenvalue weighted by molar-refractivity contribution is 7.92. The van der Waals surface area contributed by atoms with Crippen molar-refractivity contribution >= 4 is 34.0 Å². The lowest BCUT2D eigenvalue weighted by molar-refractivity contribution is 0.00847. The smallest absolute Gasteiger partial charge is 0.255 e. The van der Waals surface area contributed by atoms with E-state index in [4.69, 9.17) is 10.5 Å². The van der Waals surface area contributed by atoms with E-state index in [1.165, 1.54) is 0 Å². The van der Waals surface area contributed by atoms with Gasteiger partial charge in [-0.25, -0.2) is 8.42 Å². The number of carbonyl (C=O) groups excluding carboxylic acids is 1. The topological polar surface area (TPSA) is 102 Å². The van der Waals surface area contributed by atoms with Crippen LogP contribution in [0, 0.1) is 0 Å². The lowest BCUT2D eigenvalue weighted by Crippen LogP contribution is -2.41. The molecule has 1 heterocycles. The van der Waals surface area contributed by atoms with Crippen LogP contribution in [0.3, 0.4) is 0 Å². The SMILES string of the molecule is CCCS(=O)(=O)Nc1ccccc1C(=O)N1CCC(OCCCN)CC1.Cl. The fourth-order valence-electron chi connectivity index (χ4n) is 2.98. The Hall–Kier alpha value is -1.35. The number of nitrogens with one attached hydrogen (secondary N) is 1. The van der Waals surface area contributed by atoms with Gasteiger partial charge in [-0.1, -0.05) is 19.1 Å². The third kappa shape index (κ3) is 7.29. The van der Waals surface area contributed by atoms with E-state index >= 15 is 0 Å². The summed E-state index contributed by atoms with van der Waals surface area (Å²) in [6.07, 6.45) is 3.07. The molecule has 0 bridgehead atoms. The number of ether oxygens (including phenoxy) is 1. The molecule has 1 aliphatic rings. The quantitative estimate of drug-likeness (QED) is 0.597. The van der Waals surface area contributed by atoms with Crippen LogP contribution in [-0.2, 0) is 14.8 Å². The molecule has 0 radical (unpaired) electrons. The summed E-state index contributed by atoms with van der Waals surface area (Å²) in [6, 6.07) is 6.75. The molecule has 7 nitrogen and oxygen atoms in total. The molecule has 1 saturated heterocycles. The predicted octanol–water partition coefficient (Wildman–Crippen LogP) is 2.23. The number of nitrogens with zero attached hydrogens (tertiary/aromatic N) is 1. The van der Waals surface area contributed by atoms with Gasteiger partial charge in [0.2, 0.25) is 10.0 Å². The fourth-order valence-corrected chi connectivity index (χ4v) is 4.13. The molecule has 0 atom stereocenters. The highest BCUT2D eigenvalue weighted by atomic mass is 35.5.